The summed E-state index contributed by atoms with van der Waals surface area (Å²) in [6.07, 6.45) is 3.11. The smallest absolute Gasteiger partial charge is 0.254 e. The normalized spacial score (nSPS) is 21.9. The highest BCUT2D eigenvalue weighted by atomic mass is 16.5. The van der Waals surface area contributed by atoms with Crippen LogP contribution in [0.15, 0.2) is 79.0 Å². The van der Waals surface area contributed by atoms with E-state index in [0.29, 0.717) is 49.7 Å². The van der Waals surface area contributed by atoms with Crippen LogP contribution in [0.5, 0.6) is 11.5 Å². The Bertz CT molecular complexity index is 1580. The van der Waals surface area contributed by atoms with Gasteiger partial charge >= 0.3 is 0 Å². The molecule has 1 N–H and O–H groups in total. The Balaban J connectivity index is 1.41. The van der Waals surface area contributed by atoms with E-state index in [1.165, 1.54) is 12.1 Å². The van der Waals surface area contributed by atoms with Gasteiger partial charge in [0.1, 0.15) is 22.6 Å². The zero-order chi connectivity index (χ0) is 26.6. The minimum atomic E-state index is -0.974. The second kappa shape index (κ2) is 8.97. The molecule has 3 aliphatic rings. The third-order valence-electron chi connectivity index (χ3n) is 8.08. The number of nitrogens with zero attached hydrogens (tertiary/aromatic N) is 5. The van der Waals surface area contributed by atoms with Gasteiger partial charge in [0.2, 0.25) is 5.91 Å². The maximum atomic E-state index is 14.6. The van der Waals surface area contributed by atoms with E-state index in [4.69, 9.17) is 4.74 Å². The Hall–Kier alpha value is -4.66. The van der Waals surface area contributed by atoms with Gasteiger partial charge in [0.15, 0.2) is 0 Å². The molecule has 9 heteroatoms. The predicted molar refractivity (Wildman–Crippen MR) is 142 cm³/mol. The number of benzene rings is 3. The highest BCUT2D eigenvalue weighted by Crippen LogP contribution is 2.57. The number of phenols is 1. The number of anilines is 1. The molecule has 0 radical (unpaired) electrons. The van der Waals surface area contributed by atoms with Crippen LogP contribution in [-0.2, 0) is 23.3 Å². The first-order valence-corrected chi connectivity index (χ1v) is 13.2. The molecule has 7 rings (SSSR count). The molecule has 2 amide bonds. The van der Waals surface area contributed by atoms with Crippen LogP contribution in [0.2, 0.25) is 0 Å². The highest BCUT2D eigenvalue weighted by Gasteiger charge is 2.61. The molecule has 3 aromatic carbocycles. The minimum Gasteiger partial charge on any atom is -0.508 e. The maximum Gasteiger partial charge on any atom is 0.254 e. The van der Waals surface area contributed by atoms with Gasteiger partial charge in [0, 0.05) is 30.8 Å². The van der Waals surface area contributed by atoms with Crippen LogP contribution >= 0.6 is 0 Å². The van der Waals surface area contributed by atoms with E-state index in [2.05, 4.69) is 10.3 Å². The number of rotatable bonds is 1. The number of amides is 2. The van der Waals surface area contributed by atoms with Crippen molar-refractivity contribution >= 4 is 17.5 Å². The zero-order valence-corrected chi connectivity index (χ0v) is 21.2. The molecule has 4 aromatic rings. The van der Waals surface area contributed by atoms with Crippen molar-refractivity contribution in [3.63, 3.8) is 0 Å². The van der Waals surface area contributed by atoms with Gasteiger partial charge in [0.25, 0.3) is 5.91 Å². The summed E-state index contributed by atoms with van der Waals surface area (Å²) in [5, 5.41) is 18.4. The van der Waals surface area contributed by atoms with Crippen molar-refractivity contribution in [2.45, 2.75) is 37.4 Å². The number of fused-ring (bicyclic) bond motifs is 8. The number of hydrogen-bond donors (Lipinski definition) is 1. The van der Waals surface area contributed by atoms with E-state index in [1.807, 2.05) is 54.7 Å². The van der Waals surface area contributed by atoms with E-state index in [-0.39, 0.29) is 17.6 Å². The number of hydrogen-bond acceptors (Lipinski definition) is 6. The van der Waals surface area contributed by atoms with Crippen LogP contribution in [0.25, 0.3) is 0 Å². The molecule has 196 valence electrons. The Kier molecular flexibility index (Phi) is 5.40. The van der Waals surface area contributed by atoms with Gasteiger partial charge in [-0.05, 0) is 60.0 Å². The monoisotopic (exact) mass is 521 g/mol. The van der Waals surface area contributed by atoms with Gasteiger partial charge in [0.05, 0.1) is 25.4 Å². The molecule has 1 spiro atoms. The third-order valence-corrected chi connectivity index (χ3v) is 8.08. The summed E-state index contributed by atoms with van der Waals surface area (Å²) in [7, 11) is 0. The SMILES string of the molecule is O=C(c1ccc(O)cc1)N1CC[C@@]23C(=O)N(Cc4cn(nn4)CCCOc4cccc(c4)[C@H]12)c1ccccc13. The van der Waals surface area contributed by atoms with Gasteiger partial charge < -0.3 is 19.6 Å². The lowest BCUT2D eigenvalue weighted by molar-refractivity contribution is -0.124. The Labute approximate surface area is 225 Å². The van der Waals surface area contributed by atoms with Gasteiger partial charge in [-0.25, -0.2) is 0 Å². The van der Waals surface area contributed by atoms with E-state index >= 15 is 0 Å². The molecule has 1 aromatic heterocycles. The summed E-state index contributed by atoms with van der Waals surface area (Å²) < 4.78 is 7.88. The van der Waals surface area contributed by atoms with E-state index in [9.17, 15) is 14.7 Å². The van der Waals surface area contributed by atoms with Crippen LogP contribution in [-0.4, -0.2) is 50.0 Å². The van der Waals surface area contributed by atoms with Crippen molar-refractivity contribution in [1.29, 1.82) is 0 Å². The highest BCUT2D eigenvalue weighted by molar-refractivity contribution is 6.10. The van der Waals surface area contributed by atoms with Crippen LogP contribution in [0.1, 0.15) is 46.1 Å². The molecule has 1 fully saturated rings. The number of aryl methyl sites for hydroxylation is 1. The van der Waals surface area contributed by atoms with Gasteiger partial charge in [-0.3, -0.25) is 14.3 Å². The fourth-order valence-corrected chi connectivity index (χ4v) is 6.37. The topological polar surface area (TPSA) is 101 Å². The Morgan fingerprint density at radius 3 is 2.74 bits per heavy atom. The molecule has 3 aliphatic heterocycles. The summed E-state index contributed by atoms with van der Waals surface area (Å²) in [6.45, 7) is 1.85. The van der Waals surface area contributed by atoms with Crippen LogP contribution in [0, 0.1) is 0 Å². The molecule has 1 saturated heterocycles. The molecule has 4 heterocycles. The van der Waals surface area contributed by atoms with Crippen molar-refractivity contribution < 1.29 is 19.4 Å². The lowest BCUT2D eigenvalue weighted by atomic mass is 9.72. The molecule has 6 bridgehead atoms. The van der Waals surface area contributed by atoms with Crippen LogP contribution in [0.3, 0.4) is 0 Å². The second-order valence-corrected chi connectivity index (χ2v) is 10.3. The summed E-state index contributed by atoms with van der Waals surface area (Å²) in [5.74, 6) is 0.547. The zero-order valence-electron chi connectivity index (χ0n) is 21.2. The maximum absolute atomic E-state index is 14.6. The molecule has 39 heavy (non-hydrogen) atoms. The Morgan fingerprint density at radius 2 is 1.87 bits per heavy atom. The molecule has 0 aliphatic carbocycles. The van der Waals surface area contributed by atoms with Gasteiger partial charge in [-0.2, -0.15) is 0 Å². The molecule has 0 unspecified atom stereocenters. The molecular weight excluding hydrogens is 494 g/mol. The standard InChI is InChI=1S/C30H27N5O4/c36-23-11-9-20(10-12-23)28(37)34-15-13-30-25-7-1-2-8-26(25)35(29(30)38)19-22-18-33(32-31-22)14-4-16-39-24-6-3-5-21(17-24)27(30)34/h1-3,5-12,17-18,27,36H,4,13-16,19H2/t27-,30-/m0/s1. The van der Waals surface area contributed by atoms with Crippen molar-refractivity contribution in [1.82, 2.24) is 19.9 Å². The van der Waals surface area contributed by atoms with Crippen molar-refractivity contribution in [3.8, 4) is 11.5 Å². The van der Waals surface area contributed by atoms with E-state index < -0.39 is 11.5 Å². The summed E-state index contributed by atoms with van der Waals surface area (Å²) in [5.41, 5.74) is 2.78. The number of ether oxygens (including phenoxy) is 1. The third kappa shape index (κ3) is 3.68. The predicted octanol–water partition coefficient (Wildman–Crippen LogP) is 3.84. The molecule has 9 nitrogen and oxygen atoms in total. The first kappa shape index (κ1) is 23.5. The number of carbonyl (C=O) groups is 2. The first-order chi connectivity index (χ1) is 19.0. The average Bonchev–Trinajstić information content (AvgIpc) is 3.64. The first-order valence-electron chi connectivity index (χ1n) is 13.2. The van der Waals surface area contributed by atoms with Crippen molar-refractivity contribution in [2.24, 2.45) is 0 Å². The van der Waals surface area contributed by atoms with Gasteiger partial charge in [-0.1, -0.05) is 35.5 Å². The summed E-state index contributed by atoms with van der Waals surface area (Å²) in [6, 6.07) is 21.3. The number of aromatic nitrogens is 3. The average molecular weight is 522 g/mol. The molecular formula is C30H27N5O4. The fraction of sp³-hybridized carbons (Fsp3) is 0.267. The number of aromatic hydroxyl groups is 1. The quantitative estimate of drug-likeness (QED) is 0.409. The lowest BCUT2D eigenvalue weighted by Crippen LogP contribution is -2.45. The van der Waals surface area contributed by atoms with Crippen molar-refractivity contribution in [2.75, 3.05) is 18.1 Å². The second-order valence-electron chi connectivity index (χ2n) is 10.3. The van der Waals surface area contributed by atoms with Crippen LogP contribution < -0.4 is 9.64 Å². The van der Waals surface area contributed by atoms with Gasteiger partial charge in [-0.15, -0.1) is 5.10 Å². The number of carbonyl (C=O) groups excluding carboxylic acids is 2. The van der Waals surface area contributed by atoms with E-state index in [1.54, 1.807) is 26.6 Å². The molecule has 2 atom stereocenters. The summed E-state index contributed by atoms with van der Waals surface area (Å²) in [4.78, 5) is 32.2. The summed E-state index contributed by atoms with van der Waals surface area (Å²) >= 11 is 0. The fourth-order valence-electron chi connectivity index (χ4n) is 6.37. The van der Waals surface area contributed by atoms with Crippen LogP contribution in [0.4, 0.5) is 5.69 Å². The van der Waals surface area contributed by atoms with Crippen molar-refractivity contribution in [3.05, 3.63) is 101 Å². The van der Waals surface area contributed by atoms with E-state index in [0.717, 1.165) is 23.2 Å². The minimum absolute atomic E-state index is 0.0505. The number of phenolic OH excluding ortho intramolecular Hbond substituents is 1. The largest absolute Gasteiger partial charge is 0.508 e. The molecule has 0 saturated carbocycles. The number of likely N-dealkylation sites (tertiary alicyclic amines) is 1. The lowest BCUT2D eigenvalue weighted by Gasteiger charge is -2.35. The number of para-hydroxylation sites is 1. The Morgan fingerprint density at radius 1 is 1.03 bits per heavy atom.